The molecule has 2 aliphatic rings. The van der Waals surface area contributed by atoms with Crippen LogP contribution in [0.2, 0.25) is 5.02 Å². The molecule has 0 saturated carbocycles. The van der Waals surface area contributed by atoms with Crippen molar-refractivity contribution >= 4 is 29.4 Å². The molecule has 0 aliphatic carbocycles. The molecule has 3 heterocycles. The van der Waals surface area contributed by atoms with Gasteiger partial charge in [-0.2, -0.15) is 0 Å². The lowest BCUT2D eigenvalue weighted by Gasteiger charge is -2.40. The topological polar surface area (TPSA) is 104 Å². The second kappa shape index (κ2) is 11.1. The van der Waals surface area contributed by atoms with E-state index >= 15 is 0 Å². The Labute approximate surface area is 242 Å². The predicted octanol–water partition coefficient (Wildman–Crippen LogP) is 5.87. The van der Waals surface area contributed by atoms with E-state index in [1.165, 1.54) is 18.2 Å². The van der Waals surface area contributed by atoms with Gasteiger partial charge in [0.15, 0.2) is 5.75 Å². The number of phenols is 1. The van der Waals surface area contributed by atoms with Crippen LogP contribution in [-0.4, -0.2) is 69.8 Å². The smallest absolute Gasteiger partial charge is 0.410 e. The number of nitrogens with zero attached hydrogens (tertiary/aromatic N) is 3. The molecule has 3 aromatic rings. The van der Waals surface area contributed by atoms with Crippen molar-refractivity contribution in [1.29, 1.82) is 0 Å². The largest absolute Gasteiger partial charge is 0.507 e. The summed E-state index contributed by atoms with van der Waals surface area (Å²) in [6, 6.07) is 12.7. The van der Waals surface area contributed by atoms with Crippen LogP contribution in [0.15, 0.2) is 48.5 Å². The van der Waals surface area contributed by atoms with Gasteiger partial charge in [-0.1, -0.05) is 48.0 Å². The number of hydrogen-bond donors (Lipinski definition) is 2. The number of carbonyl (C=O) groups is 2. The highest BCUT2D eigenvalue weighted by Gasteiger charge is 2.41. The van der Waals surface area contributed by atoms with Crippen LogP contribution >= 0.6 is 11.6 Å². The number of benzene rings is 2. The number of amides is 2. The molecule has 2 aromatic carbocycles. The number of phenolic OH excluding ortho intramolecular Hbond substituents is 1. The normalized spacial score (nSPS) is 17.6. The molecule has 216 valence electrons. The van der Waals surface area contributed by atoms with Crippen LogP contribution in [-0.2, 0) is 4.74 Å². The van der Waals surface area contributed by atoms with Gasteiger partial charge in [0.05, 0.1) is 11.6 Å². The van der Waals surface area contributed by atoms with Gasteiger partial charge >= 0.3 is 6.09 Å². The van der Waals surface area contributed by atoms with Crippen LogP contribution in [0, 0.1) is 5.82 Å². The van der Waals surface area contributed by atoms with Crippen molar-refractivity contribution < 1.29 is 28.6 Å². The summed E-state index contributed by atoms with van der Waals surface area (Å²) in [5, 5.41) is 13.7. The molecule has 41 heavy (non-hydrogen) atoms. The molecule has 0 bridgehead atoms. The molecule has 1 aromatic heterocycles. The number of rotatable bonds is 4. The predicted molar refractivity (Wildman–Crippen MR) is 153 cm³/mol. The van der Waals surface area contributed by atoms with Crippen molar-refractivity contribution in [2.75, 3.05) is 31.6 Å². The fourth-order valence-corrected chi connectivity index (χ4v) is 5.29. The first-order valence-corrected chi connectivity index (χ1v) is 13.8. The second-order valence-corrected chi connectivity index (χ2v) is 11.5. The minimum Gasteiger partial charge on any atom is -0.507 e. The maximum absolute atomic E-state index is 15.0. The number of anilines is 1. The van der Waals surface area contributed by atoms with Gasteiger partial charge < -0.3 is 29.7 Å². The Morgan fingerprint density at radius 3 is 2.59 bits per heavy atom. The van der Waals surface area contributed by atoms with E-state index < -0.39 is 23.6 Å². The van der Waals surface area contributed by atoms with Gasteiger partial charge in [-0.25, -0.2) is 14.2 Å². The highest BCUT2D eigenvalue weighted by atomic mass is 35.5. The minimum absolute atomic E-state index is 0.0259. The third-order valence-corrected chi connectivity index (χ3v) is 7.36. The molecule has 0 spiro atoms. The second-order valence-electron chi connectivity index (χ2n) is 11.1. The Kier molecular flexibility index (Phi) is 7.70. The molecule has 2 aliphatic heterocycles. The monoisotopic (exact) mass is 582 g/mol. The number of piperazine rings is 1. The molecule has 1 unspecified atom stereocenters. The molecular formula is C30H32ClFN4O5. The van der Waals surface area contributed by atoms with Crippen LogP contribution in [0.5, 0.6) is 11.5 Å². The van der Waals surface area contributed by atoms with Gasteiger partial charge in [0.1, 0.15) is 45.9 Å². The van der Waals surface area contributed by atoms with E-state index in [0.717, 1.165) is 5.56 Å². The van der Waals surface area contributed by atoms with E-state index in [1.807, 2.05) is 37.3 Å². The van der Waals surface area contributed by atoms with Crippen molar-refractivity contribution in [3.8, 4) is 22.8 Å². The summed E-state index contributed by atoms with van der Waals surface area (Å²) >= 11 is 6.77. The van der Waals surface area contributed by atoms with Gasteiger partial charge in [-0.3, -0.25) is 4.79 Å². The number of carbonyl (C=O) groups excluding carboxylic acids is 2. The molecule has 9 nitrogen and oxygen atoms in total. The zero-order valence-corrected chi connectivity index (χ0v) is 24.0. The fourth-order valence-electron chi connectivity index (χ4n) is 5.00. The van der Waals surface area contributed by atoms with Crippen LogP contribution in [0.1, 0.15) is 49.7 Å². The van der Waals surface area contributed by atoms with E-state index in [0.29, 0.717) is 0 Å². The number of aromatic nitrogens is 1. The summed E-state index contributed by atoms with van der Waals surface area (Å²) in [5.41, 5.74) is 0.103. The quantitative estimate of drug-likeness (QED) is 0.396. The van der Waals surface area contributed by atoms with Crippen molar-refractivity contribution in [3.63, 3.8) is 0 Å². The molecule has 5 rings (SSSR count). The molecule has 2 amide bonds. The van der Waals surface area contributed by atoms with E-state index in [1.54, 1.807) is 30.6 Å². The first-order chi connectivity index (χ1) is 19.4. The van der Waals surface area contributed by atoms with E-state index in [2.05, 4.69) is 10.3 Å². The number of halogens is 2. The molecule has 2 N–H and O–H groups in total. The Balaban J connectivity index is 1.57. The third kappa shape index (κ3) is 5.74. The van der Waals surface area contributed by atoms with Crippen molar-refractivity contribution in [1.82, 2.24) is 14.8 Å². The Bertz CT molecular complexity index is 1460. The van der Waals surface area contributed by atoms with Gasteiger partial charge in [0, 0.05) is 25.7 Å². The number of ether oxygens (including phenoxy) is 2. The summed E-state index contributed by atoms with van der Waals surface area (Å²) < 4.78 is 26.7. The molecule has 1 saturated heterocycles. The number of pyridine rings is 1. The van der Waals surface area contributed by atoms with Crippen molar-refractivity contribution in [3.05, 3.63) is 70.5 Å². The molecule has 1 fully saturated rings. The average Bonchev–Trinajstić information content (AvgIpc) is 3.07. The van der Waals surface area contributed by atoms with E-state index in [-0.39, 0.29) is 77.4 Å². The molecule has 2 atom stereocenters. The lowest BCUT2D eigenvalue weighted by molar-refractivity contribution is 0.000957. The number of fused-ring (bicyclic) bond motifs is 2. The fraction of sp³-hybridized carbons (Fsp3) is 0.367. The summed E-state index contributed by atoms with van der Waals surface area (Å²) in [6.45, 7) is 8.03. The first kappa shape index (κ1) is 28.5. The highest BCUT2D eigenvalue weighted by Crippen LogP contribution is 2.45. The standard InChI is InChI=1S/C30H32ClFN4O5/c1-17(18-9-6-5-7-10-18)33-27-23-26(24(31)25(34-27)22-20(32)11-8-12-21(22)37)40-16-19-15-35(13-14-36(19)28(23)38)29(39)41-30(2,3)4/h5-12,17,19,37H,13-16H2,1-4H3,(H,33,34)/t17-,19?/m0/s1. The summed E-state index contributed by atoms with van der Waals surface area (Å²) in [6.07, 6.45) is -0.470. The van der Waals surface area contributed by atoms with Crippen LogP contribution < -0.4 is 10.1 Å². The molecule has 0 radical (unpaired) electrons. The van der Waals surface area contributed by atoms with Crippen molar-refractivity contribution in [2.45, 2.75) is 45.4 Å². The van der Waals surface area contributed by atoms with Crippen molar-refractivity contribution in [2.24, 2.45) is 0 Å². The number of hydrogen-bond acceptors (Lipinski definition) is 7. The number of nitrogens with one attached hydrogen (secondary N) is 1. The summed E-state index contributed by atoms with van der Waals surface area (Å²) in [7, 11) is 0. The summed E-state index contributed by atoms with van der Waals surface area (Å²) in [5.74, 6) is -1.30. The Hall–Kier alpha value is -4.05. The van der Waals surface area contributed by atoms with Gasteiger partial charge in [0.25, 0.3) is 5.91 Å². The van der Waals surface area contributed by atoms with Crippen LogP contribution in [0.4, 0.5) is 15.0 Å². The third-order valence-electron chi connectivity index (χ3n) is 7.01. The Morgan fingerprint density at radius 2 is 1.90 bits per heavy atom. The van der Waals surface area contributed by atoms with E-state index in [4.69, 9.17) is 21.1 Å². The van der Waals surface area contributed by atoms with Gasteiger partial charge in [-0.15, -0.1) is 0 Å². The number of aromatic hydroxyl groups is 1. The lowest BCUT2D eigenvalue weighted by atomic mass is 10.0. The van der Waals surface area contributed by atoms with E-state index in [9.17, 15) is 19.1 Å². The van der Waals surface area contributed by atoms with Crippen LogP contribution in [0.3, 0.4) is 0 Å². The summed E-state index contributed by atoms with van der Waals surface area (Å²) in [4.78, 5) is 34.7. The minimum atomic E-state index is -0.730. The van der Waals surface area contributed by atoms with Gasteiger partial charge in [0.2, 0.25) is 0 Å². The zero-order valence-electron chi connectivity index (χ0n) is 23.3. The van der Waals surface area contributed by atoms with Crippen LogP contribution in [0.25, 0.3) is 11.3 Å². The zero-order chi connectivity index (χ0) is 29.5. The highest BCUT2D eigenvalue weighted by molar-refractivity contribution is 6.35. The SMILES string of the molecule is C[C@H](Nc1nc(-c2c(O)cccc2F)c(Cl)c2c1C(=O)N1CCN(C(=O)OC(C)(C)C)CC1CO2)c1ccccc1. The maximum atomic E-state index is 15.0. The Morgan fingerprint density at radius 1 is 1.17 bits per heavy atom. The first-order valence-electron chi connectivity index (χ1n) is 13.4. The van der Waals surface area contributed by atoms with Gasteiger partial charge in [-0.05, 0) is 45.4 Å². The maximum Gasteiger partial charge on any atom is 0.410 e. The molecular weight excluding hydrogens is 551 g/mol. The lowest BCUT2D eigenvalue weighted by Crippen LogP contribution is -2.58. The average molecular weight is 583 g/mol. The molecule has 11 heteroatoms.